The largest absolute Gasteiger partial charge is 0.367 e. The molecule has 2 heterocycles. The summed E-state index contributed by atoms with van der Waals surface area (Å²) < 4.78 is 16.8. The first-order valence-corrected chi connectivity index (χ1v) is 10.0. The number of anilines is 1. The third-order valence-corrected chi connectivity index (χ3v) is 5.42. The van der Waals surface area contributed by atoms with Gasteiger partial charge in [0.1, 0.15) is 11.4 Å². The molecule has 1 fully saturated rings. The number of rotatable bonds is 6. The molecule has 0 aliphatic carbocycles. The number of hydrogen-bond donors (Lipinski definition) is 1. The summed E-state index contributed by atoms with van der Waals surface area (Å²) in [5.41, 5.74) is 0.772. The van der Waals surface area contributed by atoms with Gasteiger partial charge in [0.05, 0.1) is 11.2 Å². The molecule has 0 unspecified atom stereocenters. The zero-order valence-electron chi connectivity index (χ0n) is 18.1. The van der Waals surface area contributed by atoms with E-state index in [9.17, 15) is 14.0 Å². The normalized spacial score (nSPS) is 14.8. The Labute approximate surface area is 182 Å². The molecule has 1 aliphatic rings. The molecule has 1 aromatic carbocycles. The highest BCUT2D eigenvalue weighted by atomic mass is 35.5. The van der Waals surface area contributed by atoms with E-state index in [2.05, 4.69) is 10.2 Å². The Kier molecular flexibility index (Phi) is 8.23. The first-order chi connectivity index (χ1) is 13.8. The number of aromatic nitrogens is 1. The Bertz CT molecular complexity index is 955. The fourth-order valence-corrected chi connectivity index (χ4v) is 3.60. The van der Waals surface area contributed by atoms with Gasteiger partial charge in [0.2, 0.25) is 5.43 Å². The van der Waals surface area contributed by atoms with Crippen LogP contribution in [0.25, 0.3) is 10.9 Å². The maximum Gasteiger partial charge on any atom is 0.256 e. The van der Waals surface area contributed by atoms with Crippen LogP contribution in [0, 0.1) is 5.82 Å². The number of aryl methyl sites for hydroxylation is 1. The Morgan fingerprint density at radius 3 is 2.47 bits per heavy atom. The highest BCUT2D eigenvalue weighted by Gasteiger charge is 2.21. The number of piperazine rings is 1. The molecule has 1 aliphatic heterocycles. The van der Waals surface area contributed by atoms with E-state index in [0.717, 1.165) is 26.2 Å². The lowest BCUT2D eigenvalue weighted by Gasteiger charge is -2.34. The fourth-order valence-electron chi connectivity index (χ4n) is 3.60. The summed E-state index contributed by atoms with van der Waals surface area (Å²) in [5, 5.41) is 3.01. The van der Waals surface area contributed by atoms with Crippen molar-refractivity contribution >= 4 is 34.9 Å². The van der Waals surface area contributed by atoms with Crippen molar-refractivity contribution in [2.75, 3.05) is 65.3 Å². The molecule has 1 N–H and O–H groups in total. The summed E-state index contributed by atoms with van der Waals surface area (Å²) in [7, 11) is 5.87. The van der Waals surface area contributed by atoms with Crippen LogP contribution in [0.4, 0.5) is 10.1 Å². The average Bonchev–Trinajstić information content (AvgIpc) is 2.68. The number of fused-ring (bicyclic) bond motifs is 1. The molecule has 9 heteroatoms. The molecule has 0 saturated carbocycles. The average molecular weight is 440 g/mol. The summed E-state index contributed by atoms with van der Waals surface area (Å²) in [6, 6.07) is 3.03. The molecule has 2 aromatic rings. The summed E-state index contributed by atoms with van der Waals surface area (Å²) >= 11 is 0. The van der Waals surface area contributed by atoms with Crippen molar-refractivity contribution in [2.45, 2.75) is 13.5 Å². The molecular formula is C21H31ClFN5O2. The minimum atomic E-state index is -0.434. The van der Waals surface area contributed by atoms with Crippen molar-refractivity contribution < 1.29 is 9.18 Å². The number of nitrogens with zero attached hydrogens (tertiary/aromatic N) is 4. The fraction of sp³-hybridized carbons (Fsp3) is 0.524. The maximum atomic E-state index is 14.9. The van der Waals surface area contributed by atoms with Crippen LogP contribution in [0.3, 0.4) is 0 Å². The molecule has 0 bridgehead atoms. The predicted molar refractivity (Wildman–Crippen MR) is 122 cm³/mol. The number of hydrogen-bond acceptors (Lipinski definition) is 5. The molecule has 0 atom stereocenters. The standard InChI is InChI=1S/C21H30FN5O2.ClH/c1-5-26-14-16(21(29)23-6-7-24(2)3)20(28)15-12-17(22)19(13-18(15)26)27-10-8-25(4)9-11-27;/h12-14H,5-11H2,1-4H3,(H,23,29);1H. The number of nitrogens with one attached hydrogen (secondary N) is 1. The van der Waals surface area contributed by atoms with Gasteiger partial charge in [-0.2, -0.15) is 0 Å². The van der Waals surface area contributed by atoms with Gasteiger partial charge in [0.15, 0.2) is 0 Å². The maximum absolute atomic E-state index is 14.9. The van der Waals surface area contributed by atoms with E-state index in [0.29, 0.717) is 30.8 Å². The Balaban J connectivity index is 0.00000320. The second-order valence-corrected chi connectivity index (χ2v) is 7.83. The highest BCUT2D eigenvalue weighted by Crippen LogP contribution is 2.26. The Morgan fingerprint density at radius 1 is 1.20 bits per heavy atom. The quantitative estimate of drug-likeness (QED) is 0.741. The third kappa shape index (κ3) is 5.11. The molecule has 0 spiro atoms. The molecule has 3 rings (SSSR count). The second kappa shape index (κ2) is 10.2. The number of pyridine rings is 1. The lowest BCUT2D eigenvalue weighted by Crippen LogP contribution is -2.44. The third-order valence-electron chi connectivity index (χ3n) is 5.42. The smallest absolute Gasteiger partial charge is 0.256 e. The first kappa shape index (κ1) is 24.1. The van der Waals surface area contributed by atoms with Crippen LogP contribution in [0.1, 0.15) is 17.3 Å². The van der Waals surface area contributed by atoms with Gasteiger partial charge in [-0.3, -0.25) is 9.59 Å². The molecule has 1 saturated heterocycles. The molecule has 1 aromatic heterocycles. The van der Waals surface area contributed by atoms with Crippen molar-refractivity contribution in [2.24, 2.45) is 0 Å². The molecular weight excluding hydrogens is 409 g/mol. The summed E-state index contributed by atoms with van der Waals surface area (Å²) in [5.74, 6) is -0.850. The van der Waals surface area contributed by atoms with Gasteiger partial charge in [0.25, 0.3) is 5.91 Å². The summed E-state index contributed by atoms with van der Waals surface area (Å²) in [6.07, 6.45) is 1.58. The molecule has 1 amide bonds. The van der Waals surface area contributed by atoms with Gasteiger partial charge in [-0.25, -0.2) is 4.39 Å². The van der Waals surface area contributed by atoms with Crippen molar-refractivity contribution in [3.63, 3.8) is 0 Å². The topological polar surface area (TPSA) is 60.8 Å². The van der Waals surface area contributed by atoms with E-state index < -0.39 is 17.2 Å². The van der Waals surface area contributed by atoms with E-state index in [-0.39, 0.29) is 23.4 Å². The van der Waals surface area contributed by atoms with E-state index in [1.165, 1.54) is 6.07 Å². The molecule has 30 heavy (non-hydrogen) atoms. The number of likely N-dealkylation sites (N-methyl/N-ethyl adjacent to an activating group) is 2. The van der Waals surface area contributed by atoms with E-state index in [4.69, 9.17) is 0 Å². The van der Waals surface area contributed by atoms with E-state index >= 15 is 0 Å². The second-order valence-electron chi connectivity index (χ2n) is 7.83. The summed E-state index contributed by atoms with van der Waals surface area (Å²) in [6.45, 7) is 6.83. The van der Waals surface area contributed by atoms with Gasteiger partial charge >= 0.3 is 0 Å². The van der Waals surface area contributed by atoms with Crippen molar-refractivity contribution in [1.29, 1.82) is 0 Å². The Hall–Kier alpha value is -2.16. The minimum absolute atomic E-state index is 0. The van der Waals surface area contributed by atoms with Gasteiger partial charge in [-0.05, 0) is 40.2 Å². The zero-order valence-corrected chi connectivity index (χ0v) is 18.9. The lowest BCUT2D eigenvalue weighted by atomic mass is 10.1. The summed E-state index contributed by atoms with van der Waals surface area (Å²) in [4.78, 5) is 31.7. The van der Waals surface area contributed by atoms with Gasteiger partial charge in [-0.15, -0.1) is 12.4 Å². The first-order valence-electron chi connectivity index (χ1n) is 10.0. The lowest BCUT2D eigenvalue weighted by molar-refractivity contribution is 0.0949. The highest BCUT2D eigenvalue weighted by molar-refractivity contribution is 5.97. The van der Waals surface area contributed by atoms with E-state index in [1.807, 2.05) is 42.4 Å². The molecule has 7 nitrogen and oxygen atoms in total. The molecule has 166 valence electrons. The minimum Gasteiger partial charge on any atom is -0.367 e. The van der Waals surface area contributed by atoms with Gasteiger partial charge < -0.3 is 24.6 Å². The van der Waals surface area contributed by atoms with Crippen LogP contribution in [-0.4, -0.2) is 80.7 Å². The zero-order chi connectivity index (χ0) is 21.1. The van der Waals surface area contributed by atoms with Crippen LogP contribution < -0.4 is 15.6 Å². The molecule has 0 radical (unpaired) electrons. The van der Waals surface area contributed by atoms with Crippen LogP contribution in [-0.2, 0) is 6.54 Å². The van der Waals surface area contributed by atoms with Crippen LogP contribution in [0.15, 0.2) is 23.1 Å². The van der Waals surface area contributed by atoms with E-state index in [1.54, 1.807) is 12.3 Å². The number of amides is 1. The number of benzene rings is 1. The van der Waals surface area contributed by atoms with Gasteiger partial charge in [0, 0.05) is 57.4 Å². The van der Waals surface area contributed by atoms with Crippen LogP contribution in [0.5, 0.6) is 0 Å². The monoisotopic (exact) mass is 439 g/mol. The number of carbonyl (C=O) groups excluding carboxylic acids is 1. The van der Waals surface area contributed by atoms with Crippen molar-refractivity contribution in [1.82, 2.24) is 19.7 Å². The van der Waals surface area contributed by atoms with Crippen molar-refractivity contribution in [3.05, 3.63) is 39.9 Å². The van der Waals surface area contributed by atoms with Gasteiger partial charge in [-0.1, -0.05) is 0 Å². The van der Waals surface area contributed by atoms with Crippen LogP contribution >= 0.6 is 12.4 Å². The SMILES string of the molecule is CCn1cc(C(=O)NCCN(C)C)c(=O)c2cc(F)c(N3CCN(C)CC3)cc21.Cl. The Morgan fingerprint density at radius 2 is 1.87 bits per heavy atom. The van der Waals surface area contributed by atoms with Crippen molar-refractivity contribution in [3.8, 4) is 0 Å². The number of carbonyl (C=O) groups is 1. The van der Waals surface area contributed by atoms with Crippen LogP contribution in [0.2, 0.25) is 0 Å². The predicted octanol–water partition coefficient (Wildman–Crippen LogP) is 1.63. The number of halogens is 2.